The molecule has 5 heteroatoms. The van der Waals surface area contributed by atoms with E-state index < -0.39 is 5.95 Å². The summed E-state index contributed by atoms with van der Waals surface area (Å²) in [6.45, 7) is 0. The molecule has 1 aromatic heterocycles. The molecule has 0 atom stereocenters. The predicted octanol–water partition coefficient (Wildman–Crippen LogP) is 6.72. The molecule has 1 spiro atoms. The van der Waals surface area contributed by atoms with E-state index in [0.717, 1.165) is 60.7 Å². The van der Waals surface area contributed by atoms with Gasteiger partial charge in [-0.05, 0) is 91.8 Å². The molecule has 0 saturated heterocycles. The highest BCUT2D eigenvalue weighted by atomic mass is 35.5. The molecule has 154 valence electrons. The molecule has 0 radical (unpaired) electrons. The second-order valence-electron chi connectivity index (χ2n) is 8.93. The highest BCUT2D eigenvalue weighted by molar-refractivity contribution is 6.30. The van der Waals surface area contributed by atoms with Crippen molar-refractivity contribution in [3.63, 3.8) is 0 Å². The van der Waals surface area contributed by atoms with Gasteiger partial charge in [0.1, 0.15) is 0 Å². The van der Waals surface area contributed by atoms with Gasteiger partial charge in [0, 0.05) is 22.0 Å². The van der Waals surface area contributed by atoms with Crippen LogP contribution in [0.15, 0.2) is 54.6 Å². The summed E-state index contributed by atoms with van der Waals surface area (Å²) in [5, 5.41) is 4.73. The first-order valence-electron chi connectivity index (χ1n) is 10.6. The Morgan fingerprint density at radius 3 is 2.50 bits per heavy atom. The Labute approximate surface area is 180 Å². The van der Waals surface area contributed by atoms with Crippen molar-refractivity contribution in [2.75, 3.05) is 5.32 Å². The van der Waals surface area contributed by atoms with Crippen LogP contribution in [-0.2, 0) is 4.79 Å². The Morgan fingerprint density at radius 2 is 1.77 bits per heavy atom. The van der Waals surface area contributed by atoms with Gasteiger partial charge < -0.3 is 5.32 Å². The predicted molar refractivity (Wildman–Crippen MR) is 118 cm³/mol. The van der Waals surface area contributed by atoms with E-state index in [4.69, 9.17) is 11.6 Å². The number of pyridine rings is 1. The molecule has 5 rings (SSSR count). The number of hydrogen-bond acceptors (Lipinski definition) is 2. The van der Waals surface area contributed by atoms with E-state index >= 15 is 0 Å². The highest BCUT2D eigenvalue weighted by Crippen LogP contribution is 2.57. The maximum absolute atomic E-state index is 14.1. The summed E-state index contributed by atoms with van der Waals surface area (Å²) >= 11 is 5.91. The molecule has 3 nitrogen and oxygen atoms in total. The van der Waals surface area contributed by atoms with E-state index in [1.165, 1.54) is 0 Å². The lowest BCUT2D eigenvalue weighted by Crippen LogP contribution is -2.45. The van der Waals surface area contributed by atoms with Crippen LogP contribution in [0.1, 0.15) is 50.0 Å². The first-order valence-corrected chi connectivity index (χ1v) is 11.0. The zero-order valence-corrected chi connectivity index (χ0v) is 17.5. The molecule has 1 heterocycles. The van der Waals surface area contributed by atoms with Gasteiger partial charge in [0.2, 0.25) is 11.9 Å². The van der Waals surface area contributed by atoms with E-state index in [9.17, 15) is 9.18 Å². The van der Waals surface area contributed by atoms with Crippen LogP contribution >= 0.6 is 11.6 Å². The minimum Gasteiger partial charge on any atom is -0.326 e. The van der Waals surface area contributed by atoms with Crippen LogP contribution in [0.2, 0.25) is 5.02 Å². The third-order valence-corrected chi connectivity index (χ3v) is 7.30. The number of para-hydroxylation sites is 1. The van der Waals surface area contributed by atoms with E-state index in [2.05, 4.69) is 10.3 Å². The van der Waals surface area contributed by atoms with Gasteiger partial charge in [0.15, 0.2) is 0 Å². The van der Waals surface area contributed by atoms with Crippen LogP contribution in [0, 0.1) is 17.3 Å². The fourth-order valence-electron chi connectivity index (χ4n) is 5.40. The molecule has 0 unspecified atom stereocenters. The first kappa shape index (κ1) is 19.5. The summed E-state index contributed by atoms with van der Waals surface area (Å²) in [5.74, 6) is 0.148. The fourth-order valence-corrected chi connectivity index (χ4v) is 5.53. The molecule has 1 N–H and O–H groups in total. The van der Waals surface area contributed by atoms with Crippen molar-refractivity contribution in [1.29, 1.82) is 0 Å². The average molecular weight is 423 g/mol. The number of rotatable bonds is 3. The molecule has 0 aliphatic heterocycles. The maximum atomic E-state index is 14.1. The van der Waals surface area contributed by atoms with Crippen LogP contribution < -0.4 is 5.32 Å². The van der Waals surface area contributed by atoms with Crippen LogP contribution in [-0.4, -0.2) is 10.9 Å². The van der Waals surface area contributed by atoms with Crippen molar-refractivity contribution in [3.05, 3.63) is 71.1 Å². The van der Waals surface area contributed by atoms with E-state index in [1.807, 2.05) is 36.4 Å². The quantitative estimate of drug-likeness (QED) is 0.476. The lowest BCUT2D eigenvalue weighted by Gasteiger charge is -2.51. The third kappa shape index (κ3) is 3.69. The fraction of sp³-hybridized carbons (Fsp3) is 0.360. The zero-order chi connectivity index (χ0) is 20.7. The van der Waals surface area contributed by atoms with Gasteiger partial charge in [-0.3, -0.25) is 4.79 Å². The average Bonchev–Trinajstić information content (AvgIpc) is 2.73. The summed E-state index contributed by atoms with van der Waals surface area (Å²) in [7, 11) is 0. The van der Waals surface area contributed by atoms with Gasteiger partial charge >= 0.3 is 0 Å². The number of nitrogens with zero attached hydrogens (tertiary/aromatic N) is 1. The number of fused-ring (bicyclic) bond motifs is 1. The minimum absolute atomic E-state index is 0.0800. The Bertz CT molecular complexity index is 1080. The highest BCUT2D eigenvalue weighted by Gasteiger charge is 2.48. The third-order valence-electron chi connectivity index (χ3n) is 7.04. The number of aromatic nitrogens is 1. The zero-order valence-electron chi connectivity index (χ0n) is 16.7. The minimum atomic E-state index is -0.397. The van der Waals surface area contributed by atoms with Crippen LogP contribution in [0.3, 0.4) is 0 Å². The van der Waals surface area contributed by atoms with Crippen molar-refractivity contribution in [3.8, 4) is 0 Å². The lowest BCUT2D eigenvalue weighted by atomic mass is 9.54. The second kappa shape index (κ2) is 7.66. The summed E-state index contributed by atoms with van der Waals surface area (Å²) in [6.07, 6.45) is 6.18. The summed E-state index contributed by atoms with van der Waals surface area (Å²) in [4.78, 5) is 16.6. The number of halogens is 2. The molecule has 2 aliphatic rings. The van der Waals surface area contributed by atoms with Gasteiger partial charge in [0.05, 0.1) is 5.52 Å². The molecule has 2 aliphatic carbocycles. The topological polar surface area (TPSA) is 42.0 Å². The van der Waals surface area contributed by atoms with E-state index in [-0.39, 0.29) is 17.2 Å². The number of amides is 1. The molecule has 30 heavy (non-hydrogen) atoms. The number of carbonyl (C=O) groups excluding carboxylic acids is 1. The Balaban J connectivity index is 1.21. The lowest BCUT2D eigenvalue weighted by molar-refractivity contribution is -0.128. The van der Waals surface area contributed by atoms with Gasteiger partial charge in [-0.2, -0.15) is 4.39 Å². The van der Waals surface area contributed by atoms with Crippen molar-refractivity contribution < 1.29 is 9.18 Å². The van der Waals surface area contributed by atoms with Crippen molar-refractivity contribution in [1.82, 2.24) is 4.98 Å². The molecule has 2 fully saturated rings. The molecule has 2 aromatic carbocycles. The van der Waals surface area contributed by atoms with Crippen molar-refractivity contribution in [2.24, 2.45) is 11.3 Å². The Morgan fingerprint density at radius 1 is 1.07 bits per heavy atom. The SMILES string of the molecule is O=C(Nc1ccc(Cl)cc1)C1CC2(CCC(c3cc(F)nc4ccccc34)CC2)C1. The summed E-state index contributed by atoms with van der Waals surface area (Å²) in [6, 6.07) is 16.7. The van der Waals surface area contributed by atoms with Gasteiger partial charge in [-0.1, -0.05) is 29.8 Å². The molecular weight excluding hydrogens is 399 g/mol. The molecular formula is C25H24ClFN2O. The monoisotopic (exact) mass is 422 g/mol. The number of hydrogen-bond donors (Lipinski definition) is 1. The Kier molecular flexibility index (Phi) is 4.98. The molecule has 3 aromatic rings. The molecule has 2 saturated carbocycles. The van der Waals surface area contributed by atoms with Gasteiger partial charge in [0.25, 0.3) is 0 Å². The summed E-state index contributed by atoms with van der Waals surface area (Å²) in [5.41, 5.74) is 2.89. The van der Waals surface area contributed by atoms with Gasteiger partial charge in [-0.15, -0.1) is 0 Å². The molecule has 1 amide bonds. The first-order chi connectivity index (χ1) is 14.5. The number of carbonyl (C=O) groups is 1. The van der Waals surface area contributed by atoms with Crippen LogP contribution in [0.5, 0.6) is 0 Å². The maximum Gasteiger partial charge on any atom is 0.227 e. The smallest absolute Gasteiger partial charge is 0.227 e. The summed E-state index contributed by atoms with van der Waals surface area (Å²) < 4.78 is 14.1. The number of nitrogens with one attached hydrogen (secondary N) is 1. The van der Waals surface area contributed by atoms with Crippen molar-refractivity contribution in [2.45, 2.75) is 44.4 Å². The normalized spacial score (nSPS) is 25.8. The standard InChI is InChI=1S/C25H24ClFN2O/c26-18-5-7-19(8-6-18)28-24(30)17-14-25(15-17)11-9-16(10-12-25)21-13-23(27)29-22-4-2-1-3-20(21)22/h1-8,13,16-17H,9-12,14-15H2,(H,28,30). The van der Waals surface area contributed by atoms with Crippen LogP contribution in [0.25, 0.3) is 10.9 Å². The Hall–Kier alpha value is -2.46. The van der Waals surface area contributed by atoms with Crippen LogP contribution in [0.4, 0.5) is 10.1 Å². The molecule has 0 bridgehead atoms. The van der Waals surface area contributed by atoms with E-state index in [1.54, 1.807) is 18.2 Å². The number of benzene rings is 2. The van der Waals surface area contributed by atoms with Gasteiger partial charge in [-0.25, -0.2) is 4.98 Å². The van der Waals surface area contributed by atoms with E-state index in [0.29, 0.717) is 10.9 Å². The number of anilines is 1. The second-order valence-corrected chi connectivity index (χ2v) is 9.36. The van der Waals surface area contributed by atoms with Crippen molar-refractivity contribution >= 4 is 34.1 Å². The largest absolute Gasteiger partial charge is 0.326 e.